The third-order valence-electron chi connectivity index (χ3n) is 2.16. The molecule has 0 bridgehead atoms. The van der Waals surface area contributed by atoms with Gasteiger partial charge in [0.15, 0.2) is 0 Å². The first-order valence-corrected chi connectivity index (χ1v) is 6.49. The van der Waals surface area contributed by atoms with E-state index in [4.69, 9.17) is 4.74 Å². The van der Waals surface area contributed by atoms with Gasteiger partial charge in [-0.3, -0.25) is 0 Å². The number of hydrogen-bond donors (Lipinski definition) is 1. The Hall–Kier alpha value is -1.44. The van der Waals surface area contributed by atoms with Crippen LogP contribution in [0.4, 0.5) is 0 Å². The van der Waals surface area contributed by atoms with Crippen molar-refractivity contribution < 1.29 is 9.84 Å². The van der Waals surface area contributed by atoms with Gasteiger partial charge in [-0.25, -0.2) is 0 Å². The Bertz CT molecular complexity index is 360. The molecule has 1 N–H and O–H groups in total. The van der Waals surface area contributed by atoms with Gasteiger partial charge in [0.05, 0.1) is 5.56 Å². The highest BCUT2D eigenvalue weighted by atomic mass is 16.5. The van der Waals surface area contributed by atoms with Gasteiger partial charge in [0, 0.05) is 0 Å². The maximum absolute atomic E-state index is 9.54. The summed E-state index contributed by atoms with van der Waals surface area (Å²) in [5.41, 5.74) is 0.369. The van der Waals surface area contributed by atoms with Crippen molar-refractivity contribution in [3.8, 4) is 11.5 Å². The van der Waals surface area contributed by atoms with Crippen molar-refractivity contribution >= 4 is 6.08 Å². The fraction of sp³-hybridized carbons (Fsp3) is 0.500. The molecule has 1 aromatic carbocycles. The molecule has 0 heterocycles. The largest absolute Gasteiger partial charge is 0.507 e. The Kier molecular flexibility index (Phi) is 7.18. The third kappa shape index (κ3) is 6.33. The van der Waals surface area contributed by atoms with Crippen LogP contribution in [0.15, 0.2) is 24.8 Å². The molecule has 0 aliphatic rings. The van der Waals surface area contributed by atoms with E-state index in [0.29, 0.717) is 11.3 Å². The summed E-state index contributed by atoms with van der Waals surface area (Å²) in [5.74, 6) is 0.856. The van der Waals surface area contributed by atoms with Crippen LogP contribution in [-0.4, -0.2) is 10.7 Å². The zero-order valence-electron chi connectivity index (χ0n) is 12.3. The summed E-state index contributed by atoms with van der Waals surface area (Å²) in [5, 5.41) is 9.54. The smallest absolute Gasteiger partial charge is 0.131 e. The van der Waals surface area contributed by atoms with Crippen LogP contribution in [0, 0.1) is 0 Å². The Morgan fingerprint density at radius 2 is 1.78 bits per heavy atom. The van der Waals surface area contributed by atoms with Crippen LogP contribution in [0.1, 0.15) is 53.0 Å². The molecule has 0 aliphatic heterocycles. The number of hydrogen-bond acceptors (Lipinski definition) is 2. The molecule has 0 aromatic heterocycles. The van der Waals surface area contributed by atoms with Crippen molar-refractivity contribution in [2.24, 2.45) is 0 Å². The first kappa shape index (κ1) is 16.6. The van der Waals surface area contributed by atoms with Crippen molar-refractivity contribution in [2.45, 2.75) is 53.1 Å². The van der Waals surface area contributed by atoms with Crippen LogP contribution >= 0.6 is 0 Å². The van der Waals surface area contributed by atoms with Crippen LogP contribution in [0.2, 0.25) is 0 Å². The van der Waals surface area contributed by atoms with Gasteiger partial charge in [0.2, 0.25) is 0 Å². The second kappa shape index (κ2) is 7.80. The zero-order valence-corrected chi connectivity index (χ0v) is 12.3. The van der Waals surface area contributed by atoms with E-state index in [1.54, 1.807) is 18.2 Å². The van der Waals surface area contributed by atoms with E-state index >= 15 is 0 Å². The van der Waals surface area contributed by atoms with Gasteiger partial charge in [-0.1, -0.05) is 45.4 Å². The number of unbranched alkanes of at least 4 members (excludes halogenated alkanes) is 1. The molecule has 0 spiro atoms. The van der Waals surface area contributed by atoms with Crippen molar-refractivity contribution in [1.29, 1.82) is 0 Å². The SMILES string of the molecule is C=Cc1c(O)cccc1OC(C)(C)C.CCCC. The lowest BCUT2D eigenvalue weighted by Crippen LogP contribution is -2.23. The maximum Gasteiger partial charge on any atom is 0.131 e. The minimum atomic E-state index is -0.272. The number of ether oxygens (including phenoxy) is 1. The average molecular weight is 250 g/mol. The Morgan fingerprint density at radius 1 is 1.22 bits per heavy atom. The van der Waals surface area contributed by atoms with Crippen LogP contribution in [-0.2, 0) is 0 Å². The topological polar surface area (TPSA) is 29.5 Å². The van der Waals surface area contributed by atoms with E-state index in [1.807, 2.05) is 26.8 Å². The number of phenols is 1. The third-order valence-corrected chi connectivity index (χ3v) is 2.16. The summed E-state index contributed by atoms with van der Waals surface area (Å²) in [6, 6.07) is 5.19. The average Bonchev–Trinajstić information content (AvgIpc) is 2.28. The number of benzene rings is 1. The monoisotopic (exact) mass is 250 g/mol. The molecule has 0 saturated heterocycles. The minimum Gasteiger partial charge on any atom is -0.507 e. The molecule has 1 rings (SSSR count). The Morgan fingerprint density at radius 3 is 2.17 bits per heavy atom. The normalized spacial score (nSPS) is 10.3. The lowest BCUT2D eigenvalue weighted by molar-refractivity contribution is 0.130. The molecule has 2 heteroatoms. The predicted molar refractivity (Wildman–Crippen MR) is 79.2 cm³/mol. The molecule has 2 nitrogen and oxygen atoms in total. The summed E-state index contributed by atoms with van der Waals surface area (Å²) in [6.07, 6.45) is 4.23. The standard InChI is InChI=1S/C12H16O2.C4H10/c1-5-9-10(13)7-6-8-11(9)14-12(2,3)4;1-3-4-2/h5-8,13H,1H2,2-4H3;3-4H2,1-2H3. The van der Waals surface area contributed by atoms with Crippen LogP contribution in [0.25, 0.3) is 6.08 Å². The van der Waals surface area contributed by atoms with E-state index in [2.05, 4.69) is 20.4 Å². The van der Waals surface area contributed by atoms with E-state index in [0.717, 1.165) is 0 Å². The van der Waals surface area contributed by atoms with Crippen molar-refractivity contribution in [3.05, 3.63) is 30.3 Å². The highest BCUT2D eigenvalue weighted by Gasteiger charge is 2.14. The summed E-state index contributed by atoms with van der Waals surface area (Å²) in [6.45, 7) is 13.9. The highest BCUT2D eigenvalue weighted by Crippen LogP contribution is 2.30. The molecule has 0 unspecified atom stereocenters. The van der Waals surface area contributed by atoms with Gasteiger partial charge >= 0.3 is 0 Å². The summed E-state index contributed by atoms with van der Waals surface area (Å²) >= 11 is 0. The molecule has 18 heavy (non-hydrogen) atoms. The molecule has 0 aliphatic carbocycles. The van der Waals surface area contributed by atoms with E-state index < -0.39 is 0 Å². The van der Waals surface area contributed by atoms with Crippen LogP contribution < -0.4 is 4.74 Å². The number of aromatic hydroxyl groups is 1. The lowest BCUT2D eigenvalue weighted by Gasteiger charge is -2.22. The quantitative estimate of drug-likeness (QED) is 0.816. The molecule has 102 valence electrons. The van der Waals surface area contributed by atoms with Gasteiger partial charge in [0.1, 0.15) is 17.1 Å². The van der Waals surface area contributed by atoms with Crippen molar-refractivity contribution in [3.63, 3.8) is 0 Å². The van der Waals surface area contributed by atoms with Gasteiger partial charge in [-0.2, -0.15) is 0 Å². The molecule has 0 atom stereocenters. The minimum absolute atomic E-state index is 0.196. The highest BCUT2D eigenvalue weighted by molar-refractivity contribution is 5.62. The van der Waals surface area contributed by atoms with E-state index in [-0.39, 0.29) is 11.4 Å². The van der Waals surface area contributed by atoms with Gasteiger partial charge in [-0.05, 0) is 32.9 Å². The fourth-order valence-corrected chi connectivity index (χ4v) is 1.16. The van der Waals surface area contributed by atoms with Gasteiger partial charge < -0.3 is 9.84 Å². The molecule has 0 radical (unpaired) electrons. The Balaban J connectivity index is 0.000000631. The summed E-state index contributed by atoms with van der Waals surface area (Å²) < 4.78 is 5.67. The number of phenolic OH excluding ortho intramolecular Hbond substituents is 1. The second-order valence-electron chi connectivity index (χ2n) is 5.11. The van der Waals surface area contributed by atoms with Crippen molar-refractivity contribution in [2.75, 3.05) is 0 Å². The van der Waals surface area contributed by atoms with Crippen molar-refractivity contribution in [1.82, 2.24) is 0 Å². The van der Waals surface area contributed by atoms with Gasteiger partial charge in [-0.15, -0.1) is 0 Å². The molecule has 0 fully saturated rings. The molecular formula is C16H26O2. The predicted octanol–water partition coefficient (Wildman–Crippen LogP) is 5.02. The second-order valence-corrected chi connectivity index (χ2v) is 5.11. The lowest BCUT2D eigenvalue weighted by atomic mass is 10.1. The first-order chi connectivity index (χ1) is 8.35. The summed E-state index contributed by atoms with van der Waals surface area (Å²) in [4.78, 5) is 0. The summed E-state index contributed by atoms with van der Waals surface area (Å²) in [7, 11) is 0. The van der Waals surface area contributed by atoms with Crippen LogP contribution in [0.5, 0.6) is 11.5 Å². The number of rotatable bonds is 3. The maximum atomic E-state index is 9.54. The molecule has 0 saturated carbocycles. The first-order valence-electron chi connectivity index (χ1n) is 6.49. The Labute approximate surface area is 111 Å². The molecule has 0 amide bonds. The molecular weight excluding hydrogens is 224 g/mol. The van der Waals surface area contributed by atoms with Gasteiger partial charge in [0.25, 0.3) is 0 Å². The van der Waals surface area contributed by atoms with E-state index in [1.165, 1.54) is 12.8 Å². The fourth-order valence-electron chi connectivity index (χ4n) is 1.16. The molecule has 1 aromatic rings. The van der Waals surface area contributed by atoms with E-state index in [9.17, 15) is 5.11 Å². The zero-order chi connectivity index (χ0) is 14.2. The van der Waals surface area contributed by atoms with Crippen LogP contribution in [0.3, 0.4) is 0 Å².